The van der Waals surface area contributed by atoms with Crippen LogP contribution in [0.25, 0.3) is 0 Å². The van der Waals surface area contributed by atoms with Crippen LogP contribution in [-0.4, -0.2) is 41.6 Å². The number of hydrogen-bond acceptors (Lipinski definition) is 3. The third-order valence-corrected chi connectivity index (χ3v) is 15.5. The molecule has 2 unspecified atom stereocenters. The molecule has 0 saturated carbocycles. The average molecular weight is 387 g/mol. The molecule has 0 aromatic carbocycles. The monoisotopic (exact) mass is 386 g/mol. The van der Waals surface area contributed by atoms with Gasteiger partial charge < -0.3 is 13.6 Å². The minimum absolute atomic E-state index is 0.0937. The van der Waals surface area contributed by atoms with E-state index in [-0.39, 0.29) is 21.8 Å². The SMILES string of the molecule is C=CCC1(CO[Si](C)(C)C(C)(C)C)OCCC1O[Si](C)(C)C(C)(C)C. The summed E-state index contributed by atoms with van der Waals surface area (Å²) in [6.07, 6.45) is 3.78. The van der Waals surface area contributed by atoms with Gasteiger partial charge in [-0.15, -0.1) is 6.58 Å². The number of rotatable bonds is 7. The van der Waals surface area contributed by atoms with Crippen LogP contribution in [0.4, 0.5) is 0 Å². The summed E-state index contributed by atoms with van der Waals surface area (Å²) < 4.78 is 19.6. The van der Waals surface area contributed by atoms with E-state index in [9.17, 15) is 0 Å². The van der Waals surface area contributed by atoms with Crippen LogP contribution in [-0.2, 0) is 13.6 Å². The zero-order valence-corrected chi connectivity index (χ0v) is 20.4. The molecule has 0 aromatic heterocycles. The highest BCUT2D eigenvalue weighted by Gasteiger charge is 2.51. The van der Waals surface area contributed by atoms with Crippen molar-refractivity contribution in [3.8, 4) is 0 Å². The van der Waals surface area contributed by atoms with Crippen molar-refractivity contribution in [2.75, 3.05) is 13.2 Å². The molecule has 0 aromatic rings. The maximum Gasteiger partial charge on any atom is 0.192 e. The smallest absolute Gasteiger partial charge is 0.192 e. The fourth-order valence-corrected chi connectivity index (χ4v) is 5.01. The van der Waals surface area contributed by atoms with Crippen molar-refractivity contribution in [2.45, 2.75) is 102 Å². The Balaban J connectivity index is 3.01. The van der Waals surface area contributed by atoms with Gasteiger partial charge in [0.25, 0.3) is 0 Å². The van der Waals surface area contributed by atoms with Gasteiger partial charge in [0.15, 0.2) is 16.6 Å². The van der Waals surface area contributed by atoms with Crippen LogP contribution in [0.5, 0.6) is 0 Å². The summed E-state index contributed by atoms with van der Waals surface area (Å²) in [7, 11) is -3.69. The van der Waals surface area contributed by atoms with Gasteiger partial charge in [0.05, 0.1) is 19.3 Å². The second-order valence-electron chi connectivity index (χ2n) is 10.6. The zero-order valence-electron chi connectivity index (χ0n) is 18.4. The van der Waals surface area contributed by atoms with Crippen LogP contribution in [0, 0.1) is 0 Å². The van der Waals surface area contributed by atoms with Gasteiger partial charge >= 0.3 is 0 Å². The summed E-state index contributed by atoms with van der Waals surface area (Å²) >= 11 is 0. The zero-order chi connectivity index (χ0) is 19.7. The summed E-state index contributed by atoms with van der Waals surface area (Å²) in [5, 5.41) is 0.382. The van der Waals surface area contributed by atoms with Gasteiger partial charge in [0.1, 0.15) is 5.60 Å². The van der Waals surface area contributed by atoms with E-state index in [1.165, 1.54) is 0 Å². The standard InChI is InChI=1S/C20H42O3Si2/c1-12-14-20(16-22-24(8,9)18(2,3)4)17(13-15-21-20)23-25(10,11)19(5,6)7/h12,17H,1,13-16H2,2-11H3. The Labute approximate surface area is 158 Å². The molecule has 0 N–H and O–H groups in total. The van der Waals surface area contributed by atoms with Crippen molar-refractivity contribution >= 4 is 16.6 Å². The van der Waals surface area contributed by atoms with Crippen LogP contribution in [0.2, 0.25) is 36.3 Å². The van der Waals surface area contributed by atoms with Crippen LogP contribution in [0.1, 0.15) is 54.4 Å². The Hall–Kier alpha value is 0.0538. The van der Waals surface area contributed by atoms with Crippen LogP contribution < -0.4 is 0 Å². The predicted molar refractivity (Wildman–Crippen MR) is 113 cm³/mol. The summed E-state index contributed by atoms with van der Waals surface area (Å²) in [4.78, 5) is 0. The summed E-state index contributed by atoms with van der Waals surface area (Å²) in [5.74, 6) is 0. The van der Waals surface area contributed by atoms with Gasteiger partial charge in [0.2, 0.25) is 0 Å². The molecule has 1 fully saturated rings. The van der Waals surface area contributed by atoms with E-state index in [0.29, 0.717) is 6.61 Å². The highest BCUT2D eigenvalue weighted by molar-refractivity contribution is 6.74. The molecule has 0 radical (unpaired) electrons. The van der Waals surface area contributed by atoms with Gasteiger partial charge in [0, 0.05) is 0 Å². The highest BCUT2D eigenvalue weighted by atomic mass is 28.4. The molecule has 0 bridgehead atoms. The maximum absolute atomic E-state index is 6.78. The van der Waals surface area contributed by atoms with Crippen LogP contribution in [0.15, 0.2) is 12.7 Å². The summed E-state index contributed by atoms with van der Waals surface area (Å²) in [6, 6.07) is 0. The first-order valence-electron chi connectivity index (χ1n) is 9.65. The first-order valence-corrected chi connectivity index (χ1v) is 15.5. The topological polar surface area (TPSA) is 27.7 Å². The normalized spacial score (nSPS) is 26.1. The molecule has 2 atom stereocenters. The summed E-state index contributed by atoms with van der Waals surface area (Å²) in [6.45, 7) is 28.3. The quantitative estimate of drug-likeness (QED) is 0.389. The van der Waals surface area contributed by atoms with Gasteiger partial charge in [-0.25, -0.2) is 0 Å². The third kappa shape index (κ3) is 5.28. The molecule has 148 valence electrons. The van der Waals surface area contributed by atoms with Crippen LogP contribution >= 0.6 is 0 Å². The third-order valence-electron chi connectivity index (χ3n) is 6.57. The number of ether oxygens (including phenoxy) is 1. The van der Waals surface area contributed by atoms with E-state index in [2.05, 4.69) is 74.3 Å². The summed E-state index contributed by atoms with van der Waals surface area (Å²) in [5.41, 5.74) is -0.382. The first-order chi connectivity index (χ1) is 11.1. The van der Waals surface area contributed by atoms with Crippen molar-refractivity contribution in [3.05, 3.63) is 12.7 Å². The van der Waals surface area contributed by atoms with Crippen molar-refractivity contribution in [3.63, 3.8) is 0 Å². The van der Waals surface area contributed by atoms with Crippen molar-refractivity contribution < 1.29 is 13.6 Å². The molecule has 0 aliphatic carbocycles. The van der Waals surface area contributed by atoms with E-state index in [4.69, 9.17) is 13.6 Å². The van der Waals surface area contributed by atoms with E-state index in [1.807, 2.05) is 6.08 Å². The van der Waals surface area contributed by atoms with E-state index >= 15 is 0 Å². The molecule has 1 saturated heterocycles. The fraction of sp³-hybridized carbons (Fsp3) is 0.900. The molecule has 1 aliphatic heterocycles. The number of hydrogen-bond donors (Lipinski definition) is 0. The Morgan fingerprint density at radius 2 is 1.56 bits per heavy atom. The largest absolute Gasteiger partial charge is 0.414 e. The molecule has 1 rings (SSSR count). The Morgan fingerprint density at radius 3 is 2.00 bits per heavy atom. The van der Waals surface area contributed by atoms with Gasteiger partial charge in [-0.1, -0.05) is 47.6 Å². The minimum atomic E-state index is -1.86. The van der Waals surface area contributed by atoms with E-state index in [0.717, 1.165) is 19.4 Å². The van der Waals surface area contributed by atoms with Crippen LogP contribution in [0.3, 0.4) is 0 Å². The molecule has 0 spiro atoms. The molecule has 25 heavy (non-hydrogen) atoms. The molecule has 1 heterocycles. The van der Waals surface area contributed by atoms with Gasteiger partial charge in [-0.05, 0) is 49.1 Å². The Kier molecular flexibility index (Phi) is 7.01. The predicted octanol–water partition coefficient (Wildman–Crippen LogP) is 6.13. The Bertz CT molecular complexity index is 461. The molecule has 5 heteroatoms. The molecule has 0 amide bonds. The second-order valence-corrected chi connectivity index (χ2v) is 20.2. The van der Waals surface area contributed by atoms with Gasteiger partial charge in [-0.2, -0.15) is 0 Å². The lowest BCUT2D eigenvalue weighted by Gasteiger charge is -2.45. The fourth-order valence-electron chi connectivity index (χ4n) is 2.57. The maximum atomic E-state index is 6.78. The lowest BCUT2D eigenvalue weighted by molar-refractivity contribution is -0.0801. The van der Waals surface area contributed by atoms with Crippen molar-refractivity contribution in [1.29, 1.82) is 0 Å². The molecular weight excluding hydrogens is 344 g/mol. The van der Waals surface area contributed by atoms with E-state index in [1.54, 1.807) is 0 Å². The second kappa shape index (κ2) is 7.59. The lowest BCUT2D eigenvalue weighted by Crippen LogP contribution is -2.54. The lowest BCUT2D eigenvalue weighted by atomic mass is 9.94. The molecule has 3 nitrogen and oxygen atoms in total. The van der Waals surface area contributed by atoms with Crippen molar-refractivity contribution in [1.82, 2.24) is 0 Å². The van der Waals surface area contributed by atoms with E-state index < -0.39 is 16.6 Å². The van der Waals surface area contributed by atoms with Crippen molar-refractivity contribution in [2.24, 2.45) is 0 Å². The molecular formula is C20H42O3Si2. The minimum Gasteiger partial charge on any atom is -0.414 e. The Morgan fingerprint density at radius 1 is 1.04 bits per heavy atom. The average Bonchev–Trinajstić information content (AvgIpc) is 2.77. The van der Waals surface area contributed by atoms with Gasteiger partial charge in [-0.3, -0.25) is 0 Å². The first kappa shape index (κ1) is 23.1. The highest BCUT2D eigenvalue weighted by Crippen LogP contribution is 2.43. The molecule has 1 aliphatic rings.